The van der Waals surface area contributed by atoms with Crippen molar-refractivity contribution in [3.8, 4) is 0 Å². The molecule has 3 nitrogen and oxygen atoms in total. The molecule has 1 aliphatic carbocycles. The molecule has 0 saturated heterocycles. The predicted molar refractivity (Wildman–Crippen MR) is 78.0 cm³/mol. The molecular formula is C13H16BrClN2O. The Morgan fingerprint density at radius 1 is 1.39 bits per heavy atom. The molecule has 1 amide bonds. The number of nitrogens with one attached hydrogen (secondary N) is 2. The van der Waals surface area contributed by atoms with Gasteiger partial charge >= 0.3 is 0 Å². The van der Waals surface area contributed by atoms with Crippen molar-refractivity contribution in [2.24, 2.45) is 0 Å². The fourth-order valence-electron chi connectivity index (χ4n) is 2.15. The van der Waals surface area contributed by atoms with Gasteiger partial charge in [-0.05, 0) is 31.0 Å². The van der Waals surface area contributed by atoms with E-state index in [0.29, 0.717) is 23.3 Å². The van der Waals surface area contributed by atoms with Gasteiger partial charge in [0.05, 0.1) is 17.3 Å². The lowest BCUT2D eigenvalue weighted by molar-refractivity contribution is -0.115. The molecule has 0 radical (unpaired) electrons. The summed E-state index contributed by atoms with van der Waals surface area (Å²) in [6.45, 7) is 0.344. The number of benzene rings is 1. The van der Waals surface area contributed by atoms with E-state index in [1.165, 1.54) is 25.7 Å². The second kappa shape index (κ2) is 6.55. The first-order valence-electron chi connectivity index (χ1n) is 6.13. The van der Waals surface area contributed by atoms with E-state index in [2.05, 4.69) is 26.6 Å². The van der Waals surface area contributed by atoms with Crippen molar-refractivity contribution in [1.29, 1.82) is 0 Å². The number of hydrogen-bond donors (Lipinski definition) is 2. The zero-order valence-corrected chi connectivity index (χ0v) is 12.4. The summed E-state index contributed by atoms with van der Waals surface area (Å²) in [6, 6.07) is 5.91. The molecule has 1 saturated carbocycles. The van der Waals surface area contributed by atoms with Crippen molar-refractivity contribution < 1.29 is 4.79 Å². The highest BCUT2D eigenvalue weighted by Crippen LogP contribution is 2.25. The van der Waals surface area contributed by atoms with Crippen LogP contribution in [0.25, 0.3) is 0 Å². The van der Waals surface area contributed by atoms with Crippen LogP contribution < -0.4 is 10.6 Å². The highest BCUT2D eigenvalue weighted by atomic mass is 79.9. The summed E-state index contributed by atoms with van der Waals surface area (Å²) in [6.07, 6.45) is 4.87. The maximum Gasteiger partial charge on any atom is 0.238 e. The molecule has 1 aromatic rings. The Morgan fingerprint density at radius 3 is 2.78 bits per heavy atom. The fourth-order valence-corrected chi connectivity index (χ4v) is 2.87. The van der Waals surface area contributed by atoms with Crippen LogP contribution in [0.15, 0.2) is 22.7 Å². The number of rotatable bonds is 4. The lowest BCUT2D eigenvalue weighted by Gasteiger charge is -2.12. The van der Waals surface area contributed by atoms with Gasteiger partial charge in [0.1, 0.15) is 0 Å². The third kappa shape index (κ3) is 3.97. The molecule has 0 heterocycles. The summed E-state index contributed by atoms with van der Waals surface area (Å²) in [4.78, 5) is 11.8. The van der Waals surface area contributed by atoms with E-state index in [4.69, 9.17) is 11.6 Å². The Labute approximate surface area is 120 Å². The average Bonchev–Trinajstić information content (AvgIpc) is 2.83. The van der Waals surface area contributed by atoms with Gasteiger partial charge in [-0.25, -0.2) is 0 Å². The summed E-state index contributed by atoms with van der Waals surface area (Å²) in [5.41, 5.74) is 0.651. The summed E-state index contributed by atoms with van der Waals surface area (Å²) < 4.78 is 0.898. The van der Waals surface area contributed by atoms with Gasteiger partial charge in [-0.3, -0.25) is 4.79 Å². The largest absolute Gasteiger partial charge is 0.324 e. The van der Waals surface area contributed by atoms with E-state index in [1.807, 2.05) is 6.07 Å². The highest BCUT2D eigenvalue weighted by molar-refractivity contribution is 9.10. The molecule has 0 aromatic heterocycles. The van der Waals surface area contributed by atoms with Crippen LogP contribution in [0.1, 0.15) is 25.7 Å². The van der Waals surface area contributed by atoms with Crippen LogP contribution in [0.2, 0.25) is 5.02 Å². The maximum atomic E-state index is 11.8. The normalized spacial score (nSPS) is 15.9. The molecule has 1 aliphatic rings. The summed E-state index contributed by atoms with van der Waals surface area (Å²) >= 11 is 9.36. The van der Waals surface area contributed by atoms with Crippen molar-refractivity contribution in [3.05, 3.63) is 27.7 Å². The molecule has 0 aliphatic heterocycles. The lowest BCUT2D eigenvalue weighted by atomic mass is 10.2. The van der Waals surface area contributed by atoms with Crippen LogP contribution in [0.4, 0.5) is 5.69 Å². The third-order valence-electron chi connectivity index (χ3n) is 3.11. The van der Waals surface area contributed by atoms with Gasteiger partial charge < -0.3 is 10.6 Å². The predicted octanol–water partition coefficient (Wildman–Crippen LogP) is 3.57. The van der Waals surface area contributed by atoms with Crippen LogP contribution in [0.5, 0.6) is 0 Å². The third-order valence-corrected chi connectivity index (χ3v) is 3.92. The Bertz CT molecular complexity index is 433. The van der Waals surface area contributed by atoms with E-state index in [1.54, 1.807) is 12.1 Å². The Balaban J connectivity index is 1.82. The summed E-state index contributed by atoms with van der Waals surface area (Å²) in [7, 11) is 0. The summed E-state index contributed by atoms with van der Waals surface area (Å²) in [5, 5.41) is 6.62. The van der Waals surface area contributed by atoms with Crippen molar-refractivity contribution in [2.75, 3.05) is 11.9 Å². The molecule has 1 aromatic carbocycles. The minimum Gasteiger partial charge on any atom is -0.324 e. The van der Waals surface area contributed by atoms with Crippen molar-refractivity contribution in [2.45, 2.75) is 31.7 Å². The number of hydrogen-bond acceptors (Lipinski definition) is 2. The van der Waals surface area contributed by atoms with E-state index < -0.39 is 0 Å². The van der Waals surface area contributed by atoms with Crippen LogP contribution in [-0.4, -0.2) is 18.5 Å². The zero-order valence-electron chi connectivity index (χ0n) is 10.0. The van der Waals surface area contributed by atoms with Gasteiger partial charge in [0, 0.05) is 10.5 Å². The van der Waals surface area contributed by atoms with Gasteiger partial charge in [0.25, 0.3) is 0 Å². The zero-order chi connectivity index (χ0) is 13.0. The minimum atomic E-state index is -0.0499. The van der Waals surface area contributed by atoms with Crippen molar-refractivity contribution in [1.82, 2.24) is 5.32 Å². The van der Waals surface area contributed by atoms with E-state index in [-0.39, 0.29) is 5.91 Å². The molecule has 2 N–H and O–H groups in total. The number of halogens is 2. The van der Waals surface area contributed by atoms with Crippen LogP contribution >= 0.6 is 27.5 Å². The van der Waals surface area contributed by atoms with Crippen LogP contribution in [-0.2, 0) is 4.79 Å². The highest BCUT2D eigenvalue weighted by Gasteiger charge is 2.15. The first-order chi connectivity index (χ1) is 8.65. The number of carbonyl (C=O) groups excluding carboxylic acids is 1. The van der Waals surface area contributed by atoms with Crippen LogP contribution in [0, 0.1) is 0 Å². The topological polar surface area (TPSA) is 41.1 Å². The van der Waals surface area contributed by atoms with Gasteiger partial charge in [0.2, 0.25) is 5.91 Å². The Kier molecular flexibility index (Phi) is 5.03. The monoisotopic (exact) mass is 330 g/mol. The van der Waals surface area contributed by atoms with Gasteiger partial charge in [-0.15, -0.1) is 0 Å². The van der Waals surface area contributed by atoms with Crippen LogP contribution in [0.3, 0.4) is 0 Å². The van der Waals surface area contributed by atoms with E-state index >= 15 is 0 Å². The molecule has 0 unspecified atom stereocenters. The van der Waals surface area contributed by atoms with Gasteiger partial charge in [0.15, 0.2) is 0 Å². The summed E-state index contributed by atoms with van der Waals surface area (Å²) in [5.74, 6) is -0.0499. The first-order valence-corrected chi connectivity index (χ1v) is 7.30. The van der Waals surface area contributed by atoms with Crippen molar-refractivity contribution >= 4 is 39.1 Å². The molecule has 1 fully saturated rings. The van der Waals surface area contributed by atoms with Gasteiger partial charge in [-0.1, -0.05) is 40.4 Å². The smallest absolute Gasteiger partial charge is 0.238 e. The first kappa shape index (κ1) is 13.8. The second-order valence-electron chi connectivity index (χ2n) is 4.53. The Morgan fingerprint density at radius 2 is 2.11 bits per heavy atom. The standard InChI is InChI=1S/C13H16BrClN2O/c14-9-5-6-12(11(15)7-9)17-13(18)8-16-10-3-1-2-4-10/h5-7,10,16H,1-4,8H2,(H,17,18). The molecule has 2 rings (SSSR count). The quantitative estimate of drug-likeness (QED) is 0.885. The van der Waals surface area contributed by atoms with E-state index in [0.717, 1.165) is 4.47 Å². The molecule has 18 heavy (non-hydrogen) atoms. The second-order valence-corrected chi connectivity index (χ2v) is 5.86. The number of anilines is 1. The maximum absolute atomic E-state index is 11.8. The lowest BCUT2D eigenvalue weighted by Crippen LogP contribution is -2.34. The van der Waals surface area contributed by atoms with E-state index in [9.17, 15) is 4.79 Å². The molecule has 0 spiro atoms. The fraction of sp³-hybridized carbons (Fsp3) is 0.462. The molecule has 98 valence electrons. The molecule has 0 bridgehead atoms. The van der Waals surface area contributed by atoms with Gasteiger partial charge in [-0.2, -0.15) is 0 Å². The molecular weight excluding hydrogens is 316 g/mol. The molecule has 0 atom stereocenters. The van der Waals surface area contributed by atoms with Crippen molar-refractivity contribution in [3.63, 3.8) is 0 Å². The SMILES string of the molecule is O=C(CNC1CCCC1)Nc1ccc(Br)cc1Cl. The number of carbonyl (C=O) groups is 1. The Hall–Kier alpha value is -0.580. The minimum absolute atomic E-state index is 0.0499. The molecule has 5 heteroatoms. The number of amides is 1. The average molecular weight is 332 g/mol.